The van der Waals surface area contributed by atoms with E-state index in [1.165, 1.54) is 38.2 Å². The van der Waals surface area contributed by atoms with E-state index in [-0.39, 0.29) is 12.8 Å². The van der Waals surface area contributed by atoms with Crippen LogP contribution in [0.1, 0.15) is 86.0 Å². The highest BCUT2D eigenvalue weighted by Gasteiger charge is 2.28. The summed E-state index contributed by atoms with van der Waals surface area (Å²) >= 11 is 0. The number of amides is 2. The fourth-order valence-corrected chi connectivity index (χ4v) is 5.85. The third-order valence-electron chi connectivity index (χ3n) is 9.06. The molecule has 2 atom stereocenters. The van der Waals surface area contributed by atoms with Gasteiger partial charge in [-0.05, 0) is 53.3 Å². The molecule has 5 rings (SSSR count). The van der Waals surface area contributed by atoms with Crippen LogP contribution in [0, 0.1) is 0 Å². The maximum Gasteiger partial charge on any atom is 0.326 e. The number of imidazole rings is 1. The number of carboxylic acid groups (broad SMARTS) is 1. The molecule has 11 heteroatoms. The Kier molecular flexibility index (Phi) is 13.9. The van der Waals surface area contributed by atoms with Gasteiger partial charge in [0.15, 0.2) is 5.82 Å². The first-order valence-corrected chi connectivity index (χ1v) is 18.3. The number of hydrogen-bond acceptors (Lipinski definition) is 7. The normalized spacial score (nSPS) is 12.2. The molecule has 2 heterocycles. The third-order valence-corrected chi connectivity index (χ3v) is 9.06. The van der Waals surface area contributed by atoms with Gasteiger partial charge in [0.1, 0.15) is 17.8 Å². The first-order chi connectivity index (χ1) is 25.7. The second kappa shape index (κ2) is 19.1. The number of benzene rings is 3. The minimum Gasteiger partial charge on any atom is -0.494 e. The van der Waals surface area contributed by atoms with Crippen molar-refractivity contribution in [1.82, 2.24) is 30.6 Å². The highest BCUT2D eigenvalue weighted by Crippen LogP contribution is 2.24. The number of hydrogen-bond donors (Lipinski definition) is 4. The molecule has 0 saturated heterocycles. The summed E-state index contributed by atoms with van der Waals surface area (Å²) < 4.78 is 5.90. The van der Waals surface area contributed by atoms with E-state index in [4.69, 9.17) is 4.74 Å². The maximum absolute atomic E-state index is 13.6. The number of aromatic amines is 1. The third kappa shape index (κ3) is 11.3. The van der Waals surface area contributed by atoms with Crippen LogP contribution in [0.3, 0.4) is 0 Å². The zero-order chi connectivity index (χ0) is 37.6. The largest absolute Gasteiger partial charge is 0.494 e. The van der Waals surface area contributed by atoms with Gasteiger partial charge in [-0.25, -0.2) is 19.7 Å². The lowest BCUT2D eigenvalue weighted by Gasteiger charge is -2.22. The Hall–Kier alpha value is -5.84. The average molecular weight is 717 g/mol. The molecule has 276 valence electrons. The highest BCUT2D eigenvalue weighted by molar-refractivity contribution is 5.98. The molecule has 5 aromatic rings. The average Bonchev–Trinajstić information content (AvgIpc) is 3.69. The van der Waals surface area contributed by atoms with Gasteiger partial charge in [-0.2, -0.15) is 0 Å². The van der Waals surface area contributed by atoms with E-state index >= 15 is 0 Å². The molecular formula is C42H48N6O5. The van der Waals surface area contributed by atoms with Crippen LogP contribution in [-0.4, -0.2) is 61.5 Å². The maximum atomic E-state index is 13.6. The van der Waals surface area contributed by atoms with Crippen molar-refractivity contribution in [1.29, 1.82) is 0 Å². The molecule has 0 radical (unpaired) electrons. The van der Waals surface area contributed by atoms with Crippen LogP contribution < -0.4 is 15.4 Å². The summed E-state index contributed by atoms with van der Waals surface area (Å²) in [6.45, 7) is 7.06. The molecule has 0 aliphatic rings. The molecule has 2 amide bonds. The Morgan fingerprint density at radius 3 is 2.06 bits per heavy atom. The standard InChI is InChI=1S/C42H48N6O5/c1-4-5-6-7-8-21-53-36-19-17-31(18-20-36)34-24-44-39(45-25-34)32-11-9-29(10-12-32)22-37(47-40(49)33-15-13-30(14-16-33)28(2)3)41(50)48-38(42(51)52)23-35-26-43-27-46-35/h9-20,24-28,37-38H,4-8,21-23H2,1-3H3,(H,43,46)(H,47,49)(H,48,50)(H,51,52)/t37-,38-/m0/s1. The first kappa shape index (κ1) is 38.4. The van der Waals surface area contributed by atoms with Crippen LogP contribution in [-0.2, 0) is 22.4 Å². The summed E-state index contributed by atoms with van der Waals surface area (Å²) in [6, 6.07) is 20.3. The predicted molar refractivity (Wildman–Crippen MR) is 205 cm³/mol. The van der Waals surface area contributed by atoms with Crippen LogP contribution >= 0.6 is 0 Å². The lowest BCUT2D eigenvalue weighted by molar-refractivity contribution is -0.142. The molecule has 0 saturated carbocycles. The van der Waals surface area contributed by atoms with Gasteiger partial charge in [-0.15, -0.1) is 0 Å². The van der Waals surface area contributed by atoms with Crippen LogP contribution in [0.5, 0.6) is 5.75 Å². The van der Waals surface area contributed by atoms with Gasteiger partial charge < -0.3 is 25.5 Å². The highest BCUT2D eigenvalue weighted by atomic mass is 16.5. The summed E-state index contributed by atoms with van der Waals surface area (Å²) in [6.07, 6.45) is 12.6. The number of nitrogens with one attached hydrogen (secondary N) is 3. The second-order valence-electron chi connectivity index (χ2n) is 13.5. The number of aromatic nitrogens is 4. The van der Waals surface area contributed by atoms with E-state index < -0.39 is 29.9 Å². The number of unbranched alkanes of at least 4 members (excludes halogenated alkanes) is 4. The van der Waals surface area contributed by atoms with Gasteiger partial charge in [-0.3, -0.25) is 9.59 Å². The van der Waals surface area contributed by atoms with E-state index in [1.807, 2.05) is 60.7 Å². The number of aliphatic carboxylic acids is 1. The van der Waals surface area contributed by atoms with Crippen molar-refractivity contribution in [3.63, 3.8) is 0 Å². The minimum atomic E-state index is -1.23. The van der Waals surface area contributed by atoms with E-state index in [2.05, 4.69) is 51.3 Å². The Balaban J connectivity index is 1.25. The van der Waals surface area contributed by atoms with Gasteiger partial charge in [-0.1, -0.05) is 95.0 Å². The molecule has 4 N–H and O–H groups in total. The summed E-state index contributed by atoms with van der Waals surface area (Å²) in [5.41, 5.74) is 5.44. The van der Waals surface area contributed by atoms with Crippen molar-refractivity contribution in [3.8, 4) is 28.3 Å². The van der Waals surface area contributed by atoms with Crippen LogP contribution in [0.25, 0.3) is 22.5 Å². The molecular weight excluding hydrogens is 668 g/mol. The molecule has 11 nitrogen and oxygen atoms in total. The summed E-state index contributed by atoms with van der Waals surface area (Å²) in [7, 11) is 0. The van der Waals surface area contributed by atoms with Crippen LogP contribution in [0.4, 0.5) is 0 Å². The number of carbonyl (C=O) groups is 3. The summed E-state index contributed by atoms with van der Waals surface area (Å²) in [5, 5.41) is 15.3. The first-order valence-electron chi connectivity index (χ1n) is 18.3. The lowest BCUT2D eigenvalue weighted by atomic mass is 10.0. The van der Waals surface area contributed by atoms with E-state index in [0.29, 0.717) is 29.6 Å². The van der Waals surface area contributed by atoms with E-state index in [9.17, 15) is 19.5 Å². The van der Waals surface area contributed by atoms with Crippen LogP contribution in [0.15, 0.2) is 97.7 Å². The predicted octanol–water partition coefficient (Wildman–Crippen LogP) is 7.16. The topological polar surface area (TPSA) is 159 Å². The van der Waals surface area contributed by atoms with Gasteiger partial charge in [0, 0.05) is 53.8 Å². The van der Waals surface area contributed by atoms with Crippen molar-refractivity contribution < 1.29 is 24.2 Å². The molecule has 0 fully saturated rings. The summed E-state index contributed by atoms with van der Waals surface area (Å²) in [4.78, 5) is 55.0. The zero-order valence-electron chi connectivity index (χ0n) is 30.5. The molecule has 0 aliphatic carbocycles. The molecule has 0 spiro atoms. The Morgan fingerprint density at radius 1 is 0.755 bits per heavy atom. The second-order valence-corrected chi connectivity index (χ2v) is 13.5. The number of ether oxygens (including phenoxy) is 1. The monoisotopic (exact) mass is 716 g/mol. The fourth-order valence-electron chi connectivity index (χ4n) is 5.85. The molecule has 3 aromatic carbocycles. The van der Waals surface area contributed by atoms with Crippen molar-refractivity contribution in [2.75, 3.05) is 6.61 Å². The number of rotatable bonds is 19. The quantitative estimate of drug-likeness (QED) is 0.0656. The van der Waals surface area contributed by atoms with Gasteiger partial charge in [0.2, 0.25) is 5.91 Å². The number of nitrogens with zero attached hydrogens (tertiary/aromatic N) is 3. The molecule has 2 aromatic heterocycles. The summed E-state index contributed by atoms with van der Waals surface area (Å²) in [5.74, 6) is -0.574. The van der Waals surface area contributed by atoms with E-state index in [0.717, 1.165) is 40.0 Å². The number of carbonyl (C=O) groups excluding carboxylic acids is 2. The van der Waals surface area contributed by atoms with Crippen molar-refractivity contribution in [3.05, 3.63) is 120 Å². The Morgan fingerprint density at radius 2 is 1.43 bits per heavy atom. The molecule has 53 heavy (non-hydrogen) atoms. The van der Waals surface area contributed by atoms with E-state index in [1.54, 1.807) is 24.5 Å². The van der Waals surface area contributed by atoms with Gasteiger partial charge >= 0.3 is 5.97 Å². The SMILES string of the molecule is CCCCCCCOc1ccc(-c2cnc(-c3ccc(C[C@H](NC(=O)c4ccc(C(C)C)cc4)C(=O)N[C@@H](Cc4cnc[nH]4)C(=O)O)cc3)nc2)cc1. The minimum absolute atomic E-state index is 0.00483. The smallest absolute Gasteiger partial charge is 0.326 e. The van der Waals surface area contributed by atoms with Crippen molar-refractivity contribution in [2.45, 2.75) is 83.7 Å². The van der Waals surface area contributed by atoms with Crippen molar-refractivity contribution in [2.24, 2.45) is 0 Å². The van der Waals surface area contributed by atoms with Gasteiger partial charge in [0.05, 0.1) is 12.9 Å². The molecule has 0 unspecified atom stereocenters. The lowest BCUT2D eigenvalue weighted by Crippen LogP contribution is -2.53. The number of carboxylic acids is 1. The van der Waals surface area contributed by atoms with Crippen molar-refractivity contribution >= 4 is 17.8 Å². The van der Waals surface area contributed by atoms with Gasteiger partial charge in [0.25, 0.3) is 5.91 Å². The Labute approximate surface area is 310 Å². The zero-order valence-corrected chi connectivity index (χ0v) is 30.5. The van der Waals surface area contributed by atoms with Crippen LogP contribution in [0.2, 0.25) is 0 Å². The molecule has 0 aliphatic heterocycles. The number of H-pyrrole nitrogens is 1. The fraction of sp³-hybridized carbons (Fsp3) is 0.333. The Bertz CT molecular complexity index is 1890. The molecule has 0 bridgehead atoms.